The number of hydrogen-bond donors (Lipinski definition) is 2. The minimum absolute atomic E-state index is 0.0918. The van der Waals surface area contributed by atoms with Gasteiger partial charge in [-0.1, -0.05) is 40.8 Å². The van der Waals surface area contributed by atoms with E-state index in [0.717, 1.165) is 29.7 Å². The Bertz CT molecular complexity index is 1520. The first-order valence-corrected chi connectivity index (χ1v) is 12.0. The van der Waals surface area contributed by atoms with Crippen LogP contribution in [-0.2, 0) is 11.2 Å². The van der Waals surface area contributed by atoms with Crippen molar-refractivity contribution in [3.05, 3.63) is 99.2 Å². The zero-order valence-corrected chi connectivity index (χ0v) is 21.2. The Kier molecular flexibility index (Phi) is 8.26. The number of pyridine rings is 1. The van der Waals surface area contributed by atoms with Gasteiger partial charge >= 0.3 is 0 Å². The number of carbonyl (C=O) groups excluding carboxylic acids is 2. The smallest absolute Gasteiger partial charge is 0.264 e. The van der Waals surface area contributed by atoms with Crippen molar-refractivity contribution in [1.29, 1.82) is 0 Å². The number of hydrazone groups is 1. The van der Waals surface area contributed by atoms with Crippen molar-refractivity contribution in [2.45, 2.75) is 19.8 Å². The van der Waals surface area contributed by atoms with Crippen LogP contribution in [0.2, 0.25) is 5.15 Å². The van der Waals surface area contributed by atoms with Gasteiger partial charge in [0.25, 0.3) is 11.8 Å². The molecule has 1 aromatic heterocycles. The van der Waals surface area contributed by atoms with E-state index < -0.39 is 5.91 Å². The molecule has 4 rings (SSSR count). The fraction of sp³-hybridized carbons (Fsp3) is 0.143. The quantitative estimate of drug-likeness (QED) is 0.151. The van der Waals surface area contributed by atoms with Crippen LogP contribution in [-0.4, -0.2) is 29.1 Å². The highest BCUT2D eigenvalue weighted by Gasteiger charge is 2.22. The molecule has 3 N–H and O–H groups in total. The van der Waals surface area contributed by atoms with Crippen LogP contribution in [0.15, 0.2) is 77.1 Å². The number of nitrogens with zero attached hydrogens (tertiary/aromatic N) is 4. The predicted octanol–water partition coefficient (Wildman–Crippen LogP) is 4.76. The SMILES string of the molecule is C/C(=N\N(C1=CCCc2ccc(NC(=O)c3cccnc3Cl)cc21)c1ccc(C#CCN=O)cc1)C(N)=O. The number of aromatic nitrogens is 1. The summed E-state index contributed by atoms with van der Waals surface area (Å²) in [6.45, 7) is 1.45. The van der Waals surface area contributed by atoms with Crippen LogP contribution in [0.4, 0.5) is 11.4 Å². The zero-order chi connectivity index (χ0) is 27.1. The second-order valence-electron chi connectivity index (χ2n) is 8.29. The van der Waals surface area contributed by atoms with E-state index in [1.165, 1.54) is 6.20 Å². The second kappa shape index (κ2) is 12.0. The van der Waals surface area contributed by atoms with Crippen LogP contribution in [0, 0.1) is 16.7 Å². The second-order valence-corrected chi connectivity index (χ2v) is 8.65. The Morgan fingerprint density at radius 2 is 1.97 bits per heavy atom. The molecule has 2 amide bonds. The molecule has 0 saturated heterocycles. The minimum atomic E-state index is -0.648. The molecule has 0 saturated carbocycles. The summed E-state index contributed by atoms with van der Waals surface area (Å²) in [5.41, 5.74) is 10.4. The number of carbonyl (C=O) groups is 2. The van der Waals surface area contributed by atoms with Gasteiger partial charge in [0.2, 0.25) is 0 Å². The highest BCUT2D eigenvalue weighted by atomic mass is 35.5. The third-order valence-electron chi connectivity index (χ3n) is 5.72. The topological polar surface area (TPSA) is 130 Å². The standard InChI is InChI=1S/C28H23ClN6O3/c1-18(27(30)36)34-35(22-13-9-19(10-14-22)5-3-16-32-38)25-8-2-6-20-11-12-21(17-24(20)25)33-28(37)23-7-4-15-31-26(23)29/h4,7-15,17H,2,6,16H2,1H3,(H2,30,36)(H,33,37)/b34-18+. The van der Waals surface area contributed by atoms with Crippen LogP contribution < -0.4 is 16.1 Å². The van der Waals surface area contributed by atoms with E-state index in [1.807, 2.05) is 24.3 Å². The van der Waals surface area contributed by atoms with Gasteiger partial charge in [-0.05, 0) is 73.9 Å². The summed E-state index contributed by atoms with van der Waals surface area (Å²) >= 11 is 6.09. The van der Waals surface area contributed by atoms with Crippen molar-refractivity contribution >= 4 is 46.2 Å². The molecular formula is C28H23ClN6O3. The van der Waals surface area contributed by atoms with Crippen LogP contribution in [0.3, 0.4) is 0 Å². The molecule has 0 fully saturated rings. The van der Waals surface area contributed by atoms with E-state index in [2.05, 4.69) is 32.4 Å². The van der Waals surface area contributed by atoms with E-state index in [4.69, 9.17) is 17.3 Å². The summed E-state index contributed by atoms with van der Waals surface area (Å²) in [5, 5.41) is 11.9. The van der Waals surface area contributed by atoms with Crippen molar-refractivity contribution in [2.75, 3.05) is 16.9 Å². The van der Waals surface area contributed by atoms with Crippen LogP contribution in [0.1, 0.15) is 40.4 Å². The fourth-order valence-corrected chi connectivity index (χ4v) is 4.05. The summed E-state index contributed by atoms with van der Waals surface area (Å²) in [4.78, 5) is 38.9. The van der Waals surface area contributed by atoms with Gasteiger partial charge in [0.15, 0.2) is 0 Å². The summed E-state index contributed by atoms with van der Waals surface area (Å²) in [6, 6.07) is 16.1. The molecule has 190 valence electrons. The average molecular weight is 527 g/mol. The highest BCUT2D eigenvalue weighted by molar-refractivity contribution is 6.37. The Hall–Kier alpha value is -4.81. The molecule has 0 radical (unpaired) electrons. The van der Waals surface area contributed by atoms with E-state index in [0.29, 0.717) is 16.9 Å². The molecule has 10 heteroatoms. The first-order chi connectivity index (χ1) is 18.4. The van der Waals surface area contributed by atoms with Gasteiger partial charge in [0.05, 0.1) is 16.9 Å². The number of nitroso groups, excluding NO2 is 1. The summed E-state index contributed by atoms with van der Waals surface area (Å²) < 4.78 is 0. The van der Waals surface area contributed by atoms with E-state index in [-0.39, 0.29) is 28.9 Å². The maximum Gasteiger partial charge on any atom is 0.264 e. The van der Waals surface area contributed by atoms with Crippen molar-refractivity contribution < 1.29 is 9.59 Å². The molecular weight excluding hydrogens is 504 g/mol. The number of hydrogen-bond acceptors (Lipinski definition) is 7. The van der Waals surface area contributed by atoms with Crippen molar-refractivity contribution in [3.63, 3.8) is 0 Å². The first kappa shape index (κ1) is 26.3. The van der Waals surface area contributed by atoms with Crippen LogP contribution >= 0.6 is 11.6 Å². The largest absolute Gasteiger partial charge is 0.365 e. The number of anilines is 2. The third-order valence-corrected chi connectivity index (χ3v) is 6.02. The predicted molar refractivity (Wildman–Crippen MR) is 149 cm³/mol. The molecule has 0 spiro atoms. The number of aryl methyl sites for hydroxylation is 1. The van der Waals surface area contributed by atoms with Gasteiger partial charge in [-0.2, -0.15) is 5.10 Å². The summed E-state index contributed by atoms with van der Waals surface area (Å²) in [5.74, 6) is 4.51. The number of fused-ring (bicyclic) bond motifs is 1. The molecule has 0 unspecified atom stereocenters. The number of nitrogens with one attached hydrogen (secondary N) is 1. The number of halogens is 1. The minimum Gasteiger partial charge on any atom is -0.365 e. The molecule has 0 bridgehead atoms. The molecule has 0 atom stereocenters. The highest BCUT2D eigenvalue weighted by Crippen LogP contribution is 2.35. The lowest BCUT2D eigenvalue weighted by Crippen LogP contribution is -2.26. The van der Waals surface area contributed by atoms with E-state index in [9.17, 15) is 14.5 Å². The Labute approximate surface area is 224 Å². The Balaban J connectivity index is 1.71. The Morgan fingerprint density at radius 3 is 2.68 bits per heavy atom. The number of nitrogens with two attached hydrogens (primary N) is 1. The number of rotatable bonds is 7. The lowest BCUT2D eigenvalue weighted by atomic mass is 9.93. The maximum absolute atomic E-state index is 12.8. The molecule has 0 aliphatic heterocycles. The monoisotopic (exact) mass is 526 g/mol. The molecule has 1 aliphatic rings. The number of primary amides is 1. The molecule has 3 aromatic rings. The van der Waals surface area contributed by atoms with Gasteiger partial charge in [0.1, 0.15) is 17.4 Å². The maximum atomic E-state index is 12.8. The van der Waals surface area contributed by atoms with Gasteiger partial charge in [-0.15, -0.1) is 4.91 Å². The zero-order valence-electron chi connectivity index (χ0n) is 20.4. The Morgan fingerprint density at radius 1 is 1.18 bits per heavy atom. The summed E-state index contributed by atoms with van der Waals surface area (Å²) in [6.07, 6.45) is 5.09. The molecule has 38 heavy (non-hydrogen) atoms. The van der Waals surface area contributed by atoms with E-state index >= 15 is 0 Å². The van der Waals surface area contributed by atoms with Gasteiger partial charge < -0.3 is 11.1 Å². The van der Waals surface area contributed by atoms with Gasteiger partial charge in [-0.25, -0.2) is 9.99 Å². The number of allylic oxidation sites excluding steroid dienone is 1. The van der Waals surface area contributed by atoms with Crippen molar-refractivity contribution in [3.8, 4) is 11.8 Å². The van der Waals surface area contributed by atoms with Crippen LogP contribution in [0.5, 0.6) is 0 Å². The van der Waals surface area contributed by atoms with Crippen molar-refractivity contribution in [1.82, 2.24) is 4.98 Å². The van der Waals surface area contributed by atoms with E-state index in [1.54, 1.807) is 48.3 Å². The molecule has 1 aliphatic carbocycles. The first-order valence-electron chi connectivity index (χ1n) is 11.7. The molecule has 2 aromatic carbocycles. The lowest BCUT2D eigenvalue weighted by molar-refractivity contribution is -0.112. The third kappa shape index (κ3) is 6.11. The number of benzene rings is 2. The number of amides is 2. The normalized spacial score (nSPS) is 12.4. The van der Waals surface area contributed by atoms with Gasteiger partial charge in [0, 0.05) is 23.0 Å². The molecule has 9 nitrogen and oxygen atoms in total. The average Bonchev–Trinajstić information content (AvgIpc) is 2.92. The summed E-state index contributed by atoms with van der Waals surface area (Å²) in [7, 11) is 0. The fourth-order valence-electron chi connectivity index (χ4n) is 3.85. The van der Waals surface area contributed by atoms with Gasteiger partial charge in [-0.3, -0.25) is 9.59 Å². The van der Waals surface area contributed by atoms with Crippen LogP contribution in [0.25, 0.3) is 5.70 Å². The molecule has 1 heterocycles. The lowest BCUT2D eigenvalue weighted by Gasteiger charge is -2.28. The van der Waals surface area contributed by atoms with Crippen molar-refractivity contribution in [2.24, 2.45) is 16.0 Å².